The Morgan fingerprint density at radius 2 is 1.87 bits per heavy atom. The molecule has 166 valence electrons. The van der Waals surface area contributed by atoms with Gasteiger partial charge in [0, 0.05) is 25.7 Å². The van der Waals surface area contributed by atoms with E-state index < -0.39 is 0 Å². The Bertz CT molecular complexity index is 786. The summed E-state index contributed by atoms with van der Waals surface area (Å²) in [5.41, 5.74) is 1.85. The minimum absolute atomic E-state index is 0.000489. The summed E-state index contributed by atoms with van der Waals surface area (Å²) >= 11 is 0. The molecule has 1 heterocycles. The van der Waals surface area contributed by atoms with Gasteiger partial charge in [0.05, 0.1) is 0 Å². The van der Waals surface area contributed by atoms with E-state index in [-0.39, 0.29) is 34.5 Å². The van der Waals surface area contributed by atoms with Gasteiger partial charge in [-0.1, -0.05) is 25.5 Å². The zero-order valence-electron chi connectivity index (χ0n) is 19.2. The quantitative estimate of drug-likeness (QED) is 0.436. The van der Waals surface area contributed by atoms with Crippen LogP contribution in [0, 0.1) is 34.5 Å². The maximum Gasteiger partial charge on any atom is 0.306 e. The number of cyclic esters (lactones) is 1. The fourth-order valence-electron chi connectivity index (χ4n) is 8.92. The van der Waals surface area contributed by atoms with Crippen molar-refractivity contribution in [3.8, 4) is 0 Å². The standard InChI is InChI=1S/C26H38O4/c1-16(27)29-18-9-12-24(2)17(15-18)5-6-19-20-7-8-22(25(20,3)13-10-21(19)24)26(4)14-11-23(28)30-26/h5,18-22H,6-15H2,1-4H3/t18-,19-,20+,21+,22+,24+,25+,26-/m1/s1. The van der Waals surface area contributed by atoms with E-state index in [2.05, 4.69) is 26.8 Å². The van der Waals surface area contributed by atoms with Gasteiger partial charge in [0.2, 0.25) is 0 Å². The number of allylic oxidation sites excluding steroid dienone is 1. The first-order chi connectivity index (χ1) is 14.2. The van der Waals surface area contributed by atoms with E-state index >= 15 is 0 Å². The molecule has 0 radical (unpaired) electrons. The molecule has 3 saturated carbocycles. The molecule has 30 heavy (non-hydrogen) atoms. The first kappa shape index (κ1) is 20.6. The van der Waals surface area contributed by atoms with Gasteiger partial charge >= 0.3 is 11.9 Å². The largest absolute Gasteiger partial charge is 0.462 e. The van der Waals surface area contributed by atoms with E-state index in [1.807, 2.05) is 0 Å². The summed E-state index contributed by atoms with van der Waals surface area (Å²) in [6.07, 6.45) is 13.3. The lowest BCUT2D eigenvalue weighted by atomic mass is 9.46. The molecule has 0 aromatic heterocycles. The van der Waals surface area contributed by atoms with Crippen LogP contribution >= 0.6 is 0 Å². The average molecular weight is 415 g/mol. The molecule has 0 amide bonds. The van der Waals surface area contributed by atoms with Crippen molar-refractivity contribution in [1.82, 2.24) is 0 Å². The Morgan fingerprint density at radius 1 is 1.07 bits per heavy atom. The topological polar surface area (TPSA) is 52.6 Å². The second kappa shape index (κ2) is 6.84. The van der Waals surface area contributed by atoms with Crippen LogP contribution in [0.3, 0.4) is 0 Å². The van der Waals surface area contributed by atoms with Crippen LogP contribution in [0.15, 0.2) is 11.6 Å². The third-order valence-corrected chi connectivity index (χ3v) is 10.3. The van der Waals surface area contributed by atoms with Crippen molar-refractivity contribution in [2.24, 2.45) is 34.5 Å². The zero-order chi connectivity index (χ0) is 21.3. The monoisotopic (exact) mass is 414 g/mol. The maximum atomic E-state index is 11.9. The number of ether oxygens (including phenoxy) is 2. The van der Waals surface area contributed by atoms with Crippen molar-refractivity contribution in [2.45, 2.75) is 104 Å². The highest BCUT2D eigenvalue weighted by atomic mass is 16.6. The highest BCUT2D eigenvalue weighted by Gasteiger charge is 2.63. The Morgan fingerprint density at radius 3 is 2.57 bits per heavy atom. The second-order valence-corrected chi connectivity index (χ2v) is 11.7. The second-order valence-electron chi connectivity index (χ2n) is 11.7. The molecule has 0 unspecified atom stereocenters. The van der Waals surface area contributed by atoms with E-state index in [9.17, 15) is 9.59 Å². The van der Waals surface area contributed by atoms with Crippen molar-refractivity contribution >= 4 is 11.9 Å². The predicted molar refractivity (Wildman–Crippen MR) is 114 cm³/mol. The van der Waals surface area contributed by atoms with Crippen molar-refractivity contribution in [1.29, 1.82) is 0 Å². The minimum atomic E-state index is -0.255. The van der Waals surface area contributed by atoms with Crippen LogP contribution in [0.2, 0.25) is 0 Å². The molecule has 4 heteroatoms. The number of carbonyl (C=O) groups is 2. The lowest BCUT2D eigenvalue weighted by molar-refractivity contribution is -0.159. The highest BCUT2D eigenvalue weighted by molar-refractivity contribution is 5.72. The minimum Gasteiger partial charge on any atom is -0.462 e. The predicted octanol–water partition coefficient (Wildman–Crippen LogP) is 5.59. The molecular weight excluding hydrogens is 376 g/mol. The van der Waals surface area contributed by atoms with Crippen LogP contribution in [0.1, 0.15) is 91.9 Å². The SMILES string of the molecule is CC(=O)O[C@@H]1CC[C@@]2(C)C(=CC[C@@H]3[C@@H]4CC[C@H]([C@@]5(C)CCC(=O)O5)[C@@]4(C)CC[C@@H]32)C1. The molecule has 0 aromatic rings. The molecule has 0 aromatic carbocycles. The van der Waals surface area contributed by atoms with Crippen LogP contribution in [0.25, 0.3) is 0 Å². The zero-order valence-corrected chi connectivity index (χ0v) is 19.2. The first-order valence-electron chi connectivity index (χ1n) is 12.2. The van der Waals surface area contributed by atoms with Gasteiger partial charge in [0.15, 0.2) is 0 Å². The molecular formula is C26H38O4. The number of fused-ring (bicyclic) bond motifs is 5. The molecule has 4 aliphatic carbocycles. The molecule has 8 atom stereocenters. The average Bonchev–Trinajstić information content (AvgIpc) is 3.21. The van der Waals surface area contributed by atoms with E-state index in [1.165, 1.54) is 39.0 Å². The number of esters is 2. The third kappa shape index (κ3) is 2.92. The summed E-state index contributed by atoms with van der Waals surface area (Å²) in [4.78, 5) is 23.4. The smallest absolute Gasteiger partial charge is 0.306 e. The van der Waals surface area contributed by atoms with Crippen molar-refractivity contribution in [2.75, 3.05) is 0 Å². The fraction of sp³-hybridized carbons (Fsp3) is 0.846. The number of carbonyl (C=O) groups excluding carboxylic acids is 2. The van der Waals surface area contributed by atoms with Gasteiger partial charge in [0.25, 0.3) is 0 Å². The van der Waals surface area contributed by atoms with Gasteiger partial charge in [-0.15, -0.1) is 0 Å². The molecule has 4 fully saturated rings. The summed E-state index contributed by atoms with van der Waals surface area (Å²) < 4.78 is 11.5. The molecule has 5 rings (SSSR count). The number of hydrogen-bond acceptors (Lipinski definition) is 4. The van der Waals surface area contributed by atoms with Gasteiger partial charge in [-0.3, -0.25) is 9.59 Å². The normalized spacial score (nSPS) is 50.1. The summed E-state index contributed by atoms with van der Waals surface area (Å²) in [7, 11) is 0. The van der Waals surface area contributed by atoms with E-state index in [4.69, 9.17) is 9.47 Å². The molecule has 5 aliphatic rings. The van der Waals surface area contributed by atoms with Gasteiger partial charge in [-0.2, -0.15) is 0 Å². The van der Waals surface area contributed by atoms with Crippen LogP contribution in [0.4, 0.5) is 0 Å². The van der Waals surface area contributed by atoms with Crippen LogP contribution < -0.4 is 0 Å². The van der Waals surface area contributed by atoms with Crippen LogP contribution in [-0.4, -0.2) is 23.6 Å². The number of rotatable bonds is 2. The van der Waals surface area contributed by atoms with Gasteiger partial charge in [-0.25, -0.2) is 0 Å². The van der Waals surface area contributed by atoms with Crippen molar-refractivity contribution in [3.05, 3.63) is 11.6 Å². The van der Waals surface area contributed by atoms with Gasteiger partial charge in [0.1, 0.15) is 11.7 Å². The summed E-state index contributed by atoms with van der Waals surface area (Å²) in [5, 5.41) is 0. The van der Waals surface area contributed by atoms with Gasteiger partial charge < -0.3 is 9.47 Å². The highest BCUT2D eigenvalue weighted by Crippen LogP contribution is 2.68. The van der Waals surface area contributed by atoms with Crippen molar-refractivity contribution in [3.63, 3.8) is 0 Å². The molecule has 0 spiro atoms. The maximum absolute atomic E-state index is 11.9. The lowest BCUT2D eigenvalue weighted by Gasteiger charge is -2.59. The Hall–Kier alpha value is -1.32. The molecule has 0 bridgehead atoms. The Labute approximate surface area is 181 Å². The Balaban J connectivity index is 1.39. The lowest BCUT2D eigenvalue weighted by Crippen LogP contribution is -2.53. The van der Waals surface area contributed by atoms with E-state index in [1.54, 1.807) is 5.57 Å². The molecule has 0 N–H and O–H groups in total. The fourth-order valence-corrected chi connectivity index (χ4v) is 8.92. The van der Waals surface area contributed by atoms with Crippen molar-refractivity contribution < 1.29 is 19.1 Å². The third-order valence-electron chi connectivity index (χ3n) is 10.3. The van der Waals surface area contributed by atoms with E-state index in [0.717, 1.165) is 43.4 Å². The van der Waals surface area contributed by atoms with Crippen LogP contribution in [-0.2, 0) is 19.1 Å². The summed E-state index contributed by atoms with van der Waals surface area (Å²) in [6.45, 7) is 8.75. The molecule has 1 aliphatic heterocycles. The number of hydrogen-bond donors (Lipinski definition) is 0. The van der Waals surface area contributed by atoms with Crippen LogP contribution in [0.5, 0.6) is 0 Å². The summed E-state index contributed by atoms with van der Waals surface area (Å²) in [6, 6.07) is 0. The van der Waals surface area contributed by atoms with E-state index in [0.29, 0.717) is 12.3 Å². The summed E-state index contributed by atoms with van der Waals surface area (Å²) in [5.74, 6) is 2.57. The first-order valence-corrected chi connectivity index (χ1v) is 12.2. The Kier molecular flexibility index (Phi) is 4.69. The van der Waals surface area contributed by atoms with Gasteiger partial charge in [-0.05, 0) is 86.9 Å². The molecule has 1 saturated heterocycles. The molecule has 4 nitrogen and oxygen atoms in total.